The van der Waals surface area contributed by atoms with Crippen LogP contribution in [0.5, 0.6) is 0 Å². The molecular formula is C14H20N2O2. The average molecular weight is 248 g/mol. The molecule has 4 nitrogen and oxygen atoms in total. The predicted octanol–water partition coefficient (Wildman–Crippen LogP) is 1.44. The molecule has 1 aliphatic heterocycles. The molecule has 4 heteroatoms. The first-order valence-corrected chi connectivity index (χ1v) is 6.31. The number of hydrogen-bond donors (Lipinski definition) is 2. The van der Waals surface area contributed by atoms with E-state index >= 15 is 0 Å². The lowest BCUT2D eigenvalue weighted by molar-refractivity contribution is 0.0446. The van der Waals surface area contributed by atoms with Crippen molar-refractivity contribution < 1.29 is 9.53 Å². The van der Waals surface area contributed by atoms with Crippen molar-refractivity contribution in [3.8, 4) is 0 Å². The number of nitrogens with two attached hydrogens (primary N) is 1. The molecule has 0 aliphatic carbocycles. The highest BCUT2D eigenvalue weighted by molar-refractivity contribution is 5.92. The van der Waals surface area contributed by atoms with Gasteiger partial charge < -0.3 is 15.8 Å². The van der Waals surface area contributed by atoms with Crippen LogP contribution < -0.4 is 11.1 Å². The van der Waals surface area contributed by atoms with Gasteiger partial charge >= 0.3 is 0 Å². The van der Waals surface area contributed by atoms with Crippen LogP contribution in [-0.2, 0) is 11.3 Å². The van der Waals surface area contributed by atoms with Gasteiger partial charge in [0.05, 0.1) is 0 Å². The first-order valence-electron chi connectivity index (χ1n) is 6.31. The van der Waals surface area contributed by atoms with Gasteiger partial charge in [-0.15, -0.1) is 0 Å². The Labute approximate surface area is 108 Å². The van der Waals surface area contributed by atoms with Crippen LogP contribution in [0.15, 0.2) is 24.3 Å². The number of hydrogen-bond acceptors (Lipinski definition) is 3. The Morgan fingerprint density at radius 2 is 2.17 bits per heavy atom. The molecule has 1 aromatic rings. The molecule has 18 heavy (non-hydrogen) atoms. The molecule has 1 fully saturated rings. The molecule has 0 atom stereocenters. The van der Waals surface area contributed by atoms with Crippen LogP contribution in [0.25, 0.3) is 0 Å². The number of rotatable bonds is 4. The first-order chi connectivity index (χ1) is 8.59. The fourth-order valence-corrected chi connectivity index (χ4v) is 2.15. The largest absolute Gasteiger partial charge is 0.381 e. The van der Waals surface area contributed by atoms with Crippen LogP contribution >= 0.6 is 0 Å². The average Bonchev–Trinajstić information content (AvgIpc) is 2.38. The summed E-state index contributed by atoms with van der Waals surface area (Å²) in [6.45, 7) is 4.58. The summed E-state index contributed by atoms with van der Waals surface area (Å²) < 4.78 is 5.37. The molecule has 98 valence electrons. The minimum absolute atomic E-state index is 0.126. The van der Waals surface area contributed by atoms with Gasteiger partial charge in [-0.25, -0.2) is 0 Å². The Morgan fingerprint density at radius 3 is 2.83 bits per heavy atom. The summed E-state index contributed by atoms with van der Waals surface area (Å²) >= 11 is 0. The third kappa shape index (κ3) is 3.31. The molecule has 0 spiro atoms. The van der Waals surface area contributed by atoms with E-state index in [0.717, 1.165) is 38.2 Å². The molecule has 1 aromatic carbocycles. The molecule has 1 heterocycles. The van der Waals surface area contributed by atoms with Gasteiger partial charge in [0.2, 0.25) is 5.91 Å². The number of primary amides is 1. The molecule has 3 N–H and O–H groups in total. The summed E-state index contributed by atoms with van der Waals surface area (Å²) in [6.07, 6.45) is 2.03. The van der Waals surface area contributed by atoms with Crippen LogP contribution in [-0.4, -0.2) is 24.7 Å². The zero-order valence-electron chi connectivity index (χ0n) is 10.7. The van der Waals surface area contributed by atoms with Crippen molar-refractivity contribution in [2.24, 2.45) is 5.73 Å². The second kappa shape index (κ2) is 5.50. The Kier molecular flexibility index (Phi) is 3.99. The molecule has 1 saturated heterocycles. The van der Waals surface area contributed by atoms with E-state index in [1.807, 2.05) is 18.2 Å². The van der Waals surface area contributed by atoms with Crippen molar-refractivity contribution in [2.45, 2.75) is 31.8 Å². The van der Waals surface area contributed by atoms with E-state index in [0.29, 0.717) is 5.56 Å². The zero-order valence-corrected chi connectivity index (χ0v) is 10.7. The van der Waals surface area contributed by atoms with Gasteiger partial charge in [0.25, 0.3) is 0 Å². The highest BCUT2D eigenvalue weighted by atomic mass is 16.5. The van der Waals surface area contributed by atoms with Crippen molar-refractivity contribution >= 4 is 5.91 Å². The van der Waals surface area contributed by atoms with E-state index in [4.69, 9.17) is 10.5 Å². The van der Waals surface area contributed by atoms with Crippen LogP contribution in [0, 0.1) is 0 Å². The summed E-state index contributed by atoms with van der Waals surface area (Å²) in [6, 6.07) is 7.45. The van der Waals surface area contributed by atoms with Crippen molar-refractivity contribution in [3.63, 3.8) is 0 Å². The number of ether oxygens (including phenoxy) is 1. The molecule has 0 aromatic heterocycles. The van der Waals surface area contributed by atoms with Crippen molar-refractivity contribution in [3.05, 3.63) is 35.4 Å². The normalized spacial score (nSPS) is 18.5. The third-order valence-corrected chi connectivity index (χ3v) is 3.53. The van der Waals surface area contributed by atoms with Gasteiger partial charge in [0, 0.05) is 30.9 Å². The predicted molar refractivity (Wildman–Crippen MR) is 70.3 cm³/mol. The summed E-state index contributed by atoms with van der Waals surface area (Å²) in [5, 5.41) is 3.55. The standard InChI is InChI=1S/C14H20N2O2/c1-14(5-7-18-8-6-14)16-10-11-3-2-4-12(9-11)13(15)17/h2-4,9,16H,5-8,10H2,1H3,(H2,15,17). The van der Waals surface area contributed by atoms with Gasteiger partial charge in [-0.2, -0.15) is 0 Å². The maximum atomic E-state index is 11.1. The maximum Gasteiger partial charge on any atom is 0.248 e. The molecule has 1 aliphatic rings. The maximum absolute atomic E-state index is 11.1. The molecular weight excluding hydrogens is 228 g/mol. The van der Waals surface area contributed by atoms with Crippen molar-refractivity contribution in [1.29, 1.82) is 0 Å². The lowest BCUT2D eigenvalue weighted by Crippen LogP contribution is -2.46. The monoisotopic (exact) mass is 248 g/mol. The summed E-state index contributed by atoms with van der Waals surface area (Å²) in [5.74, 6) is -0.380. The van der Waals surface area contributed by atoms with Gasteiger partial charge in [0.1, 0.15) is 0 Å². The smallest absolute Gasteiger partial charge is 0.248 e. The number of amides is 1. The minimum atomic E-state index is -0.380. The van der Waals surface area contributed by atoms with Gasteiger partial charge in [0.15, 0.2) is 0 Å². The topological polar surface area (TPSA) is 64.3 Å². The summed E-state index contributed by atoms with van der Waals surface area (Å²) in [4.78, 5) is 11.1. The second-order valence-corrected chi connectivity index (χ2v) is 5.09. The molecule has 1 amide bonds. The number of nitrogens with one attached hydrogen (secondary N) is 1. The van der Waals surface area contributed by atoms with E-state index in [9.17, 15) is 4.79 Å². The lowest BCUT2D eigenvalue weighted by atomic mass is 9.92. The van der Waals surface area contributed by atoms with Crippen LogP contribution in [0.3, 0.4) is 0 Å². The molecule has 2 rings (SSSR count). The zero-order chi connectivity index (χ0) is 13.0. The molecule has 0 bridgehead atoms. The Bertz CT molecular complexity index is 426. The van der Waals surface area contributed by atoms with E-state index in [1.165, 1.54) is 0 Å². The van der Waals surface area contributed by atoms with Crippen LogP contribution in [0.2, 0.25) is 0 Å². The Morgan fingerprint density at radius 1 is 1.44 bits per heavy atom. The van der Waals surface area contributed by atoms with Crippen molar-refractivity contribution in [1.82, 2.24) is 5.32 Å². The molecule has 0 saturated carbocycles. The second-order valence-electron chi connectivity index (χ2n) is 5.09. The van der Waals surface area contributed by atoms with Crippen LogP contribution in [0.1, 0.15) is 35.7 Å². The highest BCUT2D eigenvalue weighted by Gasteiger charge is 2.26. The fraction of sp³-hybridized carbons (Fsp3) is 0.500. The minimum Gasteiger partial charge on any atom is -0.381 e. The fourth-order valence-electron chi connectivity index (χ4n) is 2.15. The SMILES string of the molecule is CC1(NCc2cccc(C(N)=O)c2)CCOCC1. The van der Waals surface area contributed by atoms with E-state index in [-0.39, 0.29) is 11.4 Å². The highest BCUT2D eigenvalue weighted by Crippen LogP contribution is 2.20. The quantitative estimate of drug-likeness (QED) is 0.847. The van der Waals surface area contributed by atoms with Crippen LogP contribution in [0.4, 0.5) is 0 Å². The summed E-state index contributed by atoms with van der Waals surface area (Å²) in [7, 11) is 0. The third-order valence-electron chi connectivity index (χ3n) is 3.53. The number of benzene rings is 1. The molecule has 0 radical (unpaired) electrons. The van der Waals surface area contributed by atoms with E-state index in [2.05, 4.69) is 12.2 Å². The van der Waals surface area contributed by atoms with E-state index in [1.54, 1.807) is 6.07 Å². The Hall–Kier alpha value is -1.39. The number of carbonyl (C=O) groups is 1. The Balaban J connectivity index is 1.97. The van der Waals surface area contributed by atoms with E-state index < -0.39 is 0 Å². The molecule has 0 unspecified atom stereocenters. The number of carbonyl (C=O) groups excluding carboxylic acids is 1. The van der Waals surface area contributed by atoms with Crippen molar-refractivity contribution in [2.75, 3.05) is 13.2 Å². The lowest BCUT2D eigenvalue weighted by Gasteiger charge is -2.34. The van der Waals surface area contributed by atoms with Gasteiger partial charge in [-0.1, -0.05) is 12.1 Å². The van der Waals surface area contributed by atoms with Gasteiger partial charge in [-0.05, 0) is 37.5 Å². The summed E-state index contributed by atoms with van der Waals surface area (Å²) in [5.41, 5.74) is 7.04. The first kappa shape index (κ1) is 13.1. The van der Waals surface area contributed by atoms with Gasteiger partial charge in [-0.3, -0.25) is 4.79 Å².